The molecule has 0 aromatic rings. The van der Waals surface area contributed by atoms with Crippen molar-refractivity contribution in [1.82, 2.24) is 0 Å². The first-order valence-electron chi connectivity index (χ1n) is 8.79. The van der Waals surface area contributed by atoms with E-state index in [1.165, 1.54) is 57.4 Å². The number of allylic oxidation sites excluding steroid dienone is 1. The molecule has 2 nitrogen and oxygen atoms in total. The quantitative estimate of drug-likeness (QED) is 0.372. The maximum atomic E-state index is 11.9. The molecule has 0 aliphatic heterocycles. The summed E-state index contributed by atoms with van der Waals surface area (Å²) in [5.74, 6) is 0.341. The van der Waals surface area contributed by atoms with Crippen molar-refractivity contribution in [3.8, 4) is 0 Å². The van der Waals surface area contributed by atoms with Gasteiger partial charge in [0, 0.05) is 11.5 Å². The molecule has 0 aromatic carbocycles. The van der Waals surface area contributed by atoms with Crippen LogP contribution in [0.15, 0.2) is 12.7 Å². The van der Waals surface area contributed by atoms with Crippen LogP contribution in [0.3, 0.4) is 0 Å². The van der Waals surface area contributed by atoms with Crippen molar-refractivity contribution in [3.05, 3.63) is 12.7 Å². The van der Waals surface area contributed by atoms with Crippen LogP contribution in [0.5, 0.6) is 0 Å². The Balaban J connectivity index is 4.04. The van der Waals surface area contributed by atoms with Gasteiger partial charge in [-0.05, 0) is 32.3 Å². The van der Waals surface area contributed by atoms with E-state index in [1.807, 2.05) is 20.8 Å². The summed E-state index contributed by atoms with van der Waals surface area (Å²) in [6, 6.07) is 0. The Hall–Kier alpha value is -0.630. The fourth-order valence-electron chi connectivity index (χ4n) is 3.15. The number of unbranched alkanes of at least 4 members (excludes halogenated alkanes) is 7. The minimum Gasteiger partial charge on any atom is -0.325 e. The van der Waals surface area contributed by atoms with Crippen molar-refractivity contribution in [1.29, 1.82) is 0 Å². The SMILES string of the molecule is C=CC(=O)C(C)C(CCCCCCCCCC)C(C)(C)N. The maximum absolute atomic E-state index is 11.9. The topological polar surface area (TPSA) is 43.1 Å². The lowest BCUT2D eigenvalue weighted by Gasteiger charge is -2.34. The number of carbonyl (C=O) groups is 1. The predicted molar refractivity (Wildman–Crippen MR) is 93.4 cm³/mol. The van der Waals surface area contributed by atoms with Crippen LogP contribution in [0, 0.1) is 11.8 Å². The van der Waals surface area contributed by atoms with Crippen LogP contribution in [0.1, 0.15) is 85.5 Å². The van der Waals surface area contributed by atoms with Crippen LogP contribution in [-0.2, 0) is 4.79 Å². The molecule has 0 amide bonds. The molecule has 21 heavy (non-hydrogen) atoms. The number of rotatable bonds is 13. The third kappa shape index (κ3) is 9.08. The Morgan fingerprint density at radius 3 is 2.00 bits per heavy atom. The molecule has 0 saturated carbocycles. The third-order valence-corrected chi connectivity index (χ3v) is 4.58. The molecular weight excluding hydrogens is 258 g/mol. The van der Waals surface area contributed by atoms with Gasteiger partial charge in [-0.3, -0.25) is 4.79 Å². The van der Waals surface area contributed by atoms with E-state index in [4.69, 9.17) is 5.73 Å². The number of carbonyl (C=O) groups excluding carboxylic acids is 1. The lowest BCUT2D eigenvalue weighted by Crippen LogP contribution is -2.45. The first-order chi connectivity index (χ1) is 9.84. The van der Waals surface area contributed by atoms with Crippen molar-refractivity contribution >= 4 is 5.78 Å². The van der Waals surface area contributed by atoms with E-state index < -0.39 is 0 Å². The molecule has 0 aliphatic carbocycles. The second-order valence-corrected chi connectivity index (χ2v) is 7.09. The van der Waals surface area contributed by atoms with Gasteiger partial charge in [0.15, 0.2) is 5.78 Å². The number of hydrogen-bond donors (Lipinski definition) is 1. The highest BCUT2D eigenvalue weighted by Crippen LogP contribution is 2.29. The Morgan fingerprint density at radius 1 is 1.10 bits per heavy atom. The van der Waals surface area contributed by atoms with Crippen LogP contribution in [-0.4, -0.2) is 11.3 Å². The van der Waals surface area contributed by atoms with E-state index in [1.54, 1.807) is 0 Å². The molecule has 0 fully saturated rings. The molecule has 0 heterocycles. The first-order valence-corrected chi connectivity index (χ1v) is 8.79. The minimum atomic E-state index is -0.306. The predicted octanol–water partition coefficient (Wildman–Crippen LogP) is 5.26. The van der Waals surface area contributed by atoms with Crippen molar-refractivity contribution in [2.24, 2.45) is 17.6 Å². The van der Waals surface area contributed by atoms with Gasteiger partial charge >= 0.3 is 0 Å². The van der Waals surface area contributed by atoms with Crippen LogP contribution < -0.4 is 5.73 Å². The zero-order valence-corrected chi connectivity index (χ0v) is 14.8. The summed E-state index contributed by atoms with van der Waals surface area (Å²) in [5.41, 5.74) is 5.98. The van der Waals surface area contributed by atoms with Crippen molar-refractivity contribution in [3.63, 3.8) is 0 Å². The van der Waals surface area contributed by atoms with Crippen LogP contribution in [0.2, 0.25) is 0 Å². The average Bonchev–Trinajstić information content (AvgIpc) is 2.42. The number of nitrogens with two attached hydrogens (primary N) is 1. The van der Waals surface area contributed by atoms with Gasteiger partial charge in [0.05, 0.1) is 0 Å². The minimum absolute atomic E-state index is 0.0212. The van der Waals surface area contributed by atoms with Crippen LogP contribution in [0.4, 0.5) is 0 Å². The highest BCUT2D eigenvalue weighted by Gasteiger charge is 2.32. The van der Waals surface area contributed by atoms with Gasteiger partial charge in [0.25, 0.3) is 0 Å². The summed E-state index contributed by atoms with van der Waals surface area (Å²) in [6.45, 7) is 11.9. The molecule has 0 rings (SSSR count). The lowest BCUT2D eigenvalue weighted by molar-refractivity contribution is -0.120. The number of hydrogen-bond acceptors (Lipinski definition) is 2. The normalized spacial score (nSPS) is 14.7. The van der Waals surface area contributed by atoms with Gasteiger partial charge in [-0.25, -0.2) is 0 Å². The van der Waals surface area contributed by atoms with E-state index in [2.05, 4.69) is 13.5 Å². The Bertz CT molecular complexity index is 290. The zero-order valence-electron chi connectivity index (χ0n) is 14.8. The van der Waals surface area contributed by atoms with Gasteiger partial charge in [-0.2, -0.15) is 0 Å². The Labute approximate surface area is 132 Å². The van der Waals surface area contributed by atoms with Gasteiger partial charge < -0.3 is 5.73 Å². The van der Waals surface area contributed by atoms with Crippen molar-refractivity contribution < 1.29 is 4.79 Å². The van der Waals surface area contributed by atoms with Gasteiger partial charge in [-0.15, -0.1) is 0 Å². The first kappa shape index (κ1) is 20.4. The number of ketones is 1. The largest absolute Gasteiger partial charge is 0.325 e. The average molecular weight is 296 g/mol. The van der Waals surface area contributed by atoms with Crippen molar-refractivity contribution in [2.75, 3.05) is 0 Å². The van der Waals surface area contributed by atoms with Gasteiger partial charge in [0.1, 0.15) is 0 Å². The molecule has 0 spiro atoms. The van der Waals surface area contributed by atoms with Crippen LogP contribution >= 0.6 is 0 Å². The third-order valence-electron chi connectivity index (χ3n) is 4.58. The summed E-state index contributed by atoms with van der Waals surface area (Å²) in [4.78, 5) is 11.9. The molecule has 2 N–H and O–H groups in total. The standard InChI is InChI=1S/C19H37NO/c1-6-8-9-10-11-12-13-14-15-17(19(4,5)20)16(3)18(21)7-2/h7,16-17H,2,6,8-15,20H2,1,3-5H3. The van der Waals surface area contributed by atoms with E-state index in [9.17, 15) is 4.79 Å². The lowest BCUT2D eigenvalue weighted by atomic mass is 9.74. The highest BCUT2D eigenvalue weighted by atomic mass is 16.1. The van der Waals surface area contributed by atoms with E-state index in [0.29, 0.717) is 0 Å². The Kier molecular flexibility index (Phi) is 10.7. The molecule has 2 unspecified atom stereocenters. The summed E-state index contributed by atoms with van der Waals surface area (Å²) in [7, 11) is 0. The molecule has 0 saturated heterocycles. The van der Waals surface area contributed by atoms with Crippen molar-refractivity contribution in [2.45, 2.75) is 91.0 Å². The summed E-state index contributed by atoms with van der Waals surface area (Å²) in [6.07, 6.45) is 13.0. The highest BCUT2D eigenvalue weighted by molar-refractivity contribution is 5.91. The van der Waals surface area contributed by atoms with Crippen LogP contribution in [0.25, 0.3) is 0 Å². The van der Waals surface area contributed by atoms with E-state index in [0.717, 1.165) is 6.42 Å². The zero-order chi connectivity index (χ0) is 16.3. The second kappa shape index (κ2) is 11.0. The molecule has 124 valence electrons. The molecule has 2 atom stereocenters. The Morgan fingerprint density at radius 2 is 1.57 bits per heavy atom. The molecule has 2 heteroatoms. The van der Waals surface area contributed by atoms with E-state index in [-0.39, 0.29) is 23.2 Å². The molecule has 0 aliphatic rings. The smallest absolute Gasteiger partial charge is 0.158 e. The fourth-order valence-corrected chi connectivity index (χ4v) is 3.15. The van der Waals surface area contributed by atoms with Gasteiger partial charge in [-0.1, -0.05) is 71.8 Å². The fraction of sp³-hybridized carbons (Fsp3) is 0.842. The maximum Gasteiger partial charge on any atom is 0.158 e. The molecule has 0 bridgehead atoms. The molecule has 0 radical (unpaired) electrons. The van der Waals surface area contributed by atoms with Gasteiger partial charge in [0.2, 0.25) is 0 Å². The summed E-state index contributed by atoms with van der Waals surface area (Å²) >= 11 is 0. The molecule has 0 aromatic heterocycles. The van der Waals surface area contributed by atoms with E-state index >= 15 is 0 Å². The second-order valence-electron chi connectivity index (χ2n) is 7.09. The monoisotopic (exact) mass is 295 g/mol. The summed E-state index contributed by atoms with van der Waals surface area (Å²) in [5, 5.41) is 0. The molecular formula is C19H37NO. The summed E-state index contributed by atoms with van der Waals surface area (Å²) < 4.78 is 0.